The monoisotopic (exact) mass is 328 g/mol. The minimum Gasteiger partial charge on any atom is -0.449 e. The minimum absolute atomic E-state index is 0.146. The molecule has 5 nitrogen and oxygen atoms in total. The second kappa shape index (κ2) is 5.38. The summed E-state index contributed by atoms with van der Waals surface area (Å²) in [5.41, 5.74) is 0.824. The maximum atomic E-state index is 12.5. The van der Waals surface area contributed by atoms with Crippen LogP contribution < -0.4 is 5.32 Å². The summed E-state index contributed by atoms with van der Waals surface area (Å²) in [6, 6.07) is 11.1. The molecule has 1 fully saturated rings. The van der Waals surface area contributed by atoms with Crippen LogP contribution in [0.3, 0.4) is 0 Å². The van der Waals surface area contributed by atoms with Gasteiger partial charge >= 0.3 is 12.0 Å². The van der Waals surface area contributed by atoms with E-state index in [1.54, 1.807) is 11.0 Å². The summed E-state index contributed by atoms with van der Waals surface area (Å²) >= 11 is 1.48. The number of benzene rings is 1. The average Bonchev–Trinajstić information content (AvgIpc) is 3.16. The molecular weight excluding hydrogens is 312 g/mol. The van der Waals surface area contributed by atoms with E-state index in [9.17, 15) is 9.59 Å². The largest absolute Gasteiger partial charge is 0.449 e. The lowest BCUT2D eigenvalue weighted by Gasteiger charge is -2.39. The van der Waals surface area contributed by atoms with Crippen molar-refractivity contribution in [3.63, 3.8) is 0 Å². The maximum Gasteiger partial charge on any atom is 0.339 e. The number of rotatable bonds is 1. The van der Waals surface area contributed by atoms with E-state index in [2.05, 4.69) is 5.32 Å². The number of esters is 1. The van der Waals surface area contributed by atoms with Gasteiger partial charge in [-0.2, -0.15) is 0 Å². The second-order valence-corrected chi connectivity index (χ2v) is 6.81. The molecule has 0 aliphatic carbocycles. The molecule has 2 aliphatic heterocycles. The predicted molar refractivity (Wildman–Crippen MR) is 87.7 cm³/mol. The molecule has 1 spiro atoms. The molecule has 1 aromatic carbocycles. The van der Waals surface area contributed by atoms with Crippen molar-refractivity contribution in [3.8, 4) is 0 Å². The molecule has 0 unspecified atom stereocenters. The lowest BCUT2D eigenvalue weighted by molar-refractivity contribution is -0.0400. The summed E-state index contributed by atoms with van der Waals surface area (Å²) in [6.07, 6.45) is 1.55. The molecule has 0 radical (unpaired) electrons. The Kier molecular flexibility index (Phi) is 3.34. The number of fused-ring (bicyclic) bond motifs is 2. The Hall–Kier alpha value is -2.34. The topological polar surface area (TPSA) is 58.6 Å². The highest BCUT2D eigenvalue weighted by Crippen LogP contribution is 2.42. The standard InChI is InChI=1S/C17H16N2O3S/c20-15-12-5-1-2-6-13(12)17(22-15)8-4-9-19(11-17)16(21)18-14-7-3-10-23-14/h1-3,5-7,10H,4,8-9,11H2,(H,18,21)/t17-/m0/s1. The molecule has 6 heteroatoms. The van der Waals surface area contributed by atoms with Gasteiger partial charge in [0.05, 0.1) is 17.1 Å². The number of likely N-dealkylation sites (tertiary alicyclic amines) is 1. The van der Waals surface area contributed by atoms with Crippen molar-refractivity contribution in [2.24, 2.45) is 0 Å². The Morgan fingerprint density at radius 3 is 2.96 bits per heavy atom. The van der Waals surface area contributed by atoms with E-state index in [1.165, 1.54) is 11.3 Å². The van der Waals surface area contributed by atoms with Crippen molar-refractivity contribution < 1.29 is 14.3 Å². The molecular formula is C17H16N2O3S. The third-order valence-electron chi connectivity index (χ3n) is 4.42. The van der Waals surface area contributed by atoms with Gasteiger partial charge in [0.25, 0.3) is 0 Å². The highest BCUT2D eigenvalue weighted by molar-refractivity contribution is 7.14. The van der Waals surface area contributed by atoms with Crippen molar-refractivity contribution >= 4 is 28.3 Å². The minimum atomic E-state index is -0.696. The van der Waals surface area contributed by atoms with E-state index in [-0.39, 0.29) is 12.0 Å². The molecule has 3 heterocycles. The maximum absolute atomic E-state index is 12.5. The molecule has 1 atom stereocenters. The predicted octanol–water partition coefficient (Wildman–Crippen LogP) is 3.44. The van der Waals surface area contributed by atoms with Gasteiger partial charge in [-0.05, 0) is 36.4 Å². The Labute approximate surface area is 137 Å². The second-order valence-electron chi connectivity index (χ2n) is 5.86. The van der Waals surface area contributed by atoms with Crippen molar-refractivity contribution in [1.82, 2.24) is 4.90 Å². The first-order chi connectivity index (χ1) is 11.2. The van der Waals surface area contributed by atoms with Gasteiger partial charge in [0.2, 0.25) is 0 Å². The molecule has 0 saturated carbocycles. The van der Waals surface area contributed by atoms with E-state index in [0.29, 0.717) is 18.7 Å². The van der Waals surface area contributed by atoms with Crippen LogP contribution in [0.4, 0.5) is 9.80 Å². The number of ether oxygens (including phenoxy) is 1. The highest BCUT2D eigenvalue weighted by atomic mass is 32.1. The van der Waals surface area contributed by atoms with Gasteiger partial charge in [-0.25, -0.2) is 9.59 Å². The zero-order valence-corrected chi connectivity index (χ0v) is 13.3. The van der Waals surface area contributed by atoms with Crippen LogP contribution in [0.15, 0.2) is 41.8 Å². The van der Waals surface area contributed by atoms with Crippen molar-refractivity contribution in [2.75, 3.05) is 18.4 Å². The first kappa shape index (κ1) is 14.3. The van der Waals surface area contributed by atoms with Crippen LogP contribution >= 0.6 is 11.3 Å². The first-order valence-corrected chi connectivity index (χ1v) is 8.48. The van der Waals surface area contributed by atoms with Crippen molar-refractivity contribution in [2.45, 2.75) is 18.4 Å². The van der Waals surface area contributed by atoms with Gasteiger partial charge in [0.15, 0.2) is 5.60 Å². The molecule has 2 aliphatic rings. The number of nitrogens with zero attached hydrogens (tertiary/aromatic N) is 1. The van der Waals surface area contributed by atoms with Crippen molar-refractivity contribution in [3.05, 3.63) is 52.9 Å². The summed E-state index contributed by atoms with van der Waals surface area (Å²) in [6.45, 7) is 1.06. The fourth-order valence-electron chi connectivity index (χ4n) is 3.38. The third kappa shape index (κ3) is 2.39. The number of hydrogen-bond acceptors (Lipinski definition) is 4. The fourth-order valence-corrected chi connectivity index (χ4v) is 3.99. The molecule has 118 valence electrons. The van der Waals surface area contributed by atoms with E-state index < -0.39 is 5.60 Å². The highest BCUT2D eigenvalue weighted by Gasteiger charge is 2.48. The van der Waals surface area contributed by atoms with Crippen LogP contribution in [0.5, 0.6) is 0 Å². The van der Waals surface area contributed by atoms with Gasteiger partial charge < -0.3 is 9.64 Å². The fraction of sp³-hybridized carbons (Fsp3) is 0.294. The normalized spacial score (nSPS) is 22.8. The number of urea groups is 1. The van der Waals surface area contributed by atoms with Gasteiger partial charge in [-0.1, -0.05) is 18.2 Å². The number of hydrogen-bond donors (Lipinski definition) is 1. The van der Waals surface area contributed by atoms with Crippen LogP contribution in [-0.2, 0) is 10.3 Å². The van der Waals surface area contributed by atoms with Gasteiger partial charge in [-0.3, -0.25) is 5.32 Å². The zero-order chi connectivity index (χ0) is 15.9. The Morgan fingerprint density at radius 2 is 2.13 bits per heavy atom. The SMILES string of the molecule is O=C1O[C@]2(CCCN(C(=O)Nc3cccs3)C2)c2ccccc21. The Balaban J connectivity index is 1.58. The zero-order valence-electron chi connectivity index (χ0n) is 12.5. The van der Waals surface area contributed by atoms with E-state index in [1.807, 2.05) is 35.7 Å². The lowest BCUT2D eigenvalue weighted by Crippen LogP contribution is -2.50. The summed E-state index contributed by atoms with van der Waals surface area (Å²) in [5, 5.41) is 5.64. The summed E-state index contributed by atoms with van der Waals surface area (Å²) in [5.74, 6) is -0.291. The quantitative estimate of drug-likeness (QED) is 0.816. The smallest absolute Gasteiger partial charge is 0.339 e. The molecule has 4 rings (SSSR count). The number of amides is 2. The van der Waals surface area contributed by atoms with E-state index in [4.69, 9.17) is 4.74 Å². The number of carbonyl (C=O) groups is 2. The first-order valence-electron chi connectivity index (χ1n) is 7.60. The average molecular weight is 328 g/mol. The number of anilines is 1. The van der Waals surface area contributed by atoms with Gasteiger partial charge in [-0.15, -0.1) is 11.3 Å². The third-order valence-corrected chi connectivity index (χ3v) is 5.20. The molecule has 1 N–H and O–H groups in total. The van der Waals surface area contributed by atoms with Gasteiger partial charge in [0, 0.05) is 12.1 Å². The van der Waals surface area contributed by atoms with Crippen LogP contribution in [0.2, 0.25) is 0 Å². The molecule has 1 aromatic heterocycles. The molecule has 23 heavy (non-hydrogen) atoms. The Bertz CT molecular complexity index is 759. The number of thiophene rings is 1. The number of nitrogens with one attached hydrogen (secondary N) is 1. The van der Waals surface area contributed by atoms with Crippen LogP contribution in [0.1, 0.15) is 28.8 Å². The number of carbonyl (C=O) groups excluding carboxylic acids is 2. The molecule has 0 bridgehead atoms. The van der Waals surface area contributed by atoms with Crippen molar-refractivity contribution in [1.29, 1.82) is 0 Å². The van der Waals surface area contributed by atoms with Gasteiger partial charge in [0.1, 0.15) is 0 Å². The molecule has 1 saturated heterocycles. The summed E-state index contributed by atoms with van der Waals surface area (Å²) in [7, 11) is 0. The lowest BCUT2D eigenvalue weighted by atomic mass is 9.85. The van der Waals surface area contributed by atoms with E-state index >= 15 is 0 Å². The van der Waals surface area contributed by atoms with Crippen LogP contribution in [-0.4, -0.2) is 30.0 Å². The van der Waals surface area contributed by atoms with Crippen LogP contribution in [0.25, 0.3) is 0 Å². The van der Waals surface area contributed by atoms with Crippen LogP contribution in [0, 0.1) is 0 Å². The molecule has 2 amide bonds. The summed E-state index contributed by atoms with van der Waals surface area (Å²) < 4.78 is 5.72. The number of piperidine rings is 1. The Morgan fingerprint density at radius 1 is 1.26 bits per heavy atom. The van der Waals surface area contributed by atoms with E-state index in [0.717, 1.165) is 23.4 Å². The summed E-state index contributed by atoms with van der Waals surface area (Å²) in [4.78, 5) is 26.3. The molecule has 2 aromatic rings.